The highest BCUT2D eigenvalue weighted by Crippen LogP contribution is 2.25. The van der Waals surface area contributed by atoms with Gasteiger partial charge in [-0.05, 0) is 31.7 Å². The van der Waals surface area contributed by atoms with Crippen molar-refractivity contribution in [3.05, 3.63) is 0 Å². The molecule has 4 N–H and O–H groups in total. The second kappa shape index (κ2) is 9.72. The molecule has 0 heterocycles. The number of nitrogens with one attached hydrogen (secondary N) is 2. The van der Waals surface area contributed by atoms with Crippen molar-refractivity contribution in [2.75, 3.05) is 26.8 Å². The maximum Gasteiger partial charge on any atom is 0.242 e. The Morgan fingerprint density at radius 3 is 2.50 bits per heavy atom. The van der Waals surface area contributed by atoms with Crippen LogP contribution in [0.5, 0.6) is 0 Å². The molecule has 0 aliphatic heterocycles. The average molecular weight is 287 g/mol. The Labute approximate surface area is 121 Å². The molecule has 0 radical (unpaired) electrons. The smallest absolute Gasteiger partial charge is 0.242 e. The van der Waals surface area contributed by atoms with E-state index in [0.29, 0.717) is 26.1 Å². The number of carbonyl (C=O) groups is 2. The molecule has 2 amide bonds. The number of nitrogens with two attached hydrogens (primary N) is 1. The van der Waals surface area contributed by atoms with Crippen molar-refractivity contribution >= 4 is 11.8 Å². The molecule has 0 aromatic carbocycles. The number of amides is 2. The van der Waals surface area contributed by atoms with Gasteiger partial charge in [-0.2, -0.15) is 0 Å². The molecule has 0 fully saturated rings. The Bertz CT molecular complexity index is 306. The highest BCUT2D eigenvalue weighted by Gasteiger charge is 2.20. The zero-order valence-corrected chi connectivity index (χ0v) is 13.1. The first-order valence-corrected chi connectivity index (χ1v) is 7.08. The summed E-state index contributed by atoms with van der Waals surface area (Å²) >= 11 is 0. The number of carbonyl (C=O) groups excluding carboxylic acids is 2. The summed E-state index contributed by atoms with van der Waals surface area (Å²) in [5.74, 6) is -0.305. The standard InChI is InChI=1S/C14H29N3O3/c1-11(13(19)16-9-10-20-4)17-12(18)5-6-14(2,3)7-8-15/h11H,5-10,15H2,1-4H3,(H,16,19)(H,17,18). The van der Waals surface area contributed by atoms with Crippen molar-refractivity contribution in [3.8, 4) is 0 Å². The second-order valence-corrected chi connectivity index (χ2v) is 5.78. The lowest BCUT2D eigenvalue weighted by atomic mass is 9.84. The van der Waals surface area contributed by atoms with E-state index in [2.05, 4.69) is 24.5 Å². The number of methoxy groups -OCH3 is 1. The van der Waals surface area contributed by atoms with Gasteiger partial charge in [0.25, 0.3) is 0 Å². The van der Waals surface area contributed by atoms with Gasteiger partial charge in [0.15, 0.2) is 0 Å². The van der Waals surface area contributed by atoms with E-state index < -0.39 is 6.04 Å². The minimum atomic E-state index is -0.531. The van der Waals surface area contributed by atoms with Crippen molar-refractivity contribution in [1.82, 2.24) is 10.6 Å². The largest absolute Gasteiger partial charge is 0.383 e. The molecule has 0 aliphatic rings. The van der Waals surface area contributed by atoms with Crippen LogP contribution in [-0.4, -0.2) is 44.7 Å². The highest BCUT2D eigenvalue weighted by molar-refractivity contribution is 5.87. The van der Waals surface area contributed by atoms with E-state index >= 15 is 0 Å². The molecule has 6 heteroatoms. The first-order valence-electron chi connectivity index (χ1n) is 7.08. The second-order valence-electron chi connectivity index (χ2n) is 5.78. The fourth-order valence-electron chi connectivity index (χ4n) is 1.78. The molecule has 0 aromatic rings. The molecule has 20 heavy (non-hydrogen) atoms. The van der Waals surface area contributed by atoms with Crippen LogP contribution in [0.4, 0.5) is 0 Å². The van der Waals surface area contributed by atoms with E-state index in [0.717, 1.165) is 12.8 Å². The molecule has 0 saturated heterocycles. The van der Waals surface area contributed by atoms with E-state index in [9.17, 15) is 9.59 Å². The van der Waals surface area contributed by atoms with Crippen LogP contribution in [0.2, 0.25) is 0 Å². The molecular formula is C14H29N3O3. The van der Waals surface area contributed by atoms with Crippen molar-refractivity contribution in [2.24, 2.45) is 11.1 Å². The maximum absolute atomic E-state index is 11.8. The number of hydrogen-bond donors (Lipinski definition) is 3. The molecule has 0 aromatic heterocycles. The monoisotopic (exact) mass is 287 g/mol. The van der Waals surface area contributed by atoms with Gasteiger partial charge in [0, 0.05) is 20.1 Å². The number of hydrogen-bond acceptors (Lipinski definition) is 4. The predicted molar refractivity (Wildman–Crippen MR) is 79.2 cm³/mol. The van der Waals surface area contributed by atoms with Gasteiger partial charge in [0.2, 0.25) is 11.8 Å². The van der Waals surface area contributed by atoms with Gasteiger partial charge in [-0.25, -0.2) is 0 Å². The molecule has 0 bridgehead atoms. The highest BCUT2D eigenvalue weighted by atomic mass is 16.5. The lowest BCUT2D eigenvalue weighted by Crippen LogP contribution is -2.45. The zero-order chi connectivity index (χ0) is 15.6. The predicted octanol–water partition coefficient (Wildman–Crippen LogP) is 0.409. The van der Waals surface area contributed by atoms with E-state index in [1.165, 1.54) is 0 Å². The van der Waals surface area contributed by atoms with Crippen LogP contribution >= 0.6 is 0 Å². The van der Waals surface area contributed by atoms with Gasteiger partial charge < -0.3 is 21.1 Å². The lowest BCUT2D eigenvalue weighted by Gasteiger charge is -2.23. The van der Waals surface area contributed by atoms with Crippen LogP contribution in [0.15, 0.2) is 0 Å². The summed E-state index contributed by atoms with van der Waals surface area (Å²) in [4.78, 5) is 23.5. The normalized spacial score (nSPS) is 12.8. The Hall–Kier alpha value is -1.14. The van der Waals surface area contributed by atoms with E-state index in [1.807, 2.05) is 0 Å². The third kappa shape index (κ3) is 8.87. The number of ether oxygens (including phenoxy) is 1. The molecule has 1 atom stereocenters. The Morgan fingerprint density at radius 1 is 1.30 bits per heavy atom. The van der Waals surface area contributed by atoms with Gasteiger partial charge in [-0.15, -0.1) is 0 Å². The van der Waals surface area contributed by atoms with Gasteiger partial charge in [0.05, 0.1) is 6.61 Å². The van der Waals surface area contributed by atoms with Crippen LogP contribution in [0.3, 0.4) is 0 Å². The quantitative estimate of drug-likeness (QED) is 0.507. The van der Waals surface area contributed by atoms with Crippen molar-refractivity contribution < 1.29 is 14.3 Å². The van der Waals surface area contributed by atoms with E-state index in [1.54, 1.807) is 14.0 Å². The third-order valence-corrected chi connectivity index (χ3v) is 3.23. The van der Waals surface area contributed by atoms with Crippen LogP contribution < -0.4 is 16.4 Å². The van der Waals surface area contributed by atoms with Gasteiger partial charge in [0.1, 0.15) is 6.04 Å². The Morgan fingerprint density at radius 2 is 1.95 bits per heavy atom. The molecule has 0 aliphatic carbocycles. The summed E-state index contributed by atoms with van der Waals surface area (Å²) in [7, 11) is 1.57. The number of rotatable bonds is 10. The summed E-state index contributed by atoms with van der Waals surface area (Å²) in [6, 6.07) is -0.531. The molecule has 0 saturated carbocycles. The molecule has 118 valence electrons. The maximum atomic E-state index is 11.8. The van der Waals surface area contributed by atoms with E-state index in [-0.39, 0.29) is 17.2 Å². The summed E-state index contributed by atoms with van der Waals surface area (Å²) in [5.41, 5.74) is 5.59. The summed E-state index contributed by atoms with van der Waals surface area (Å²) in [6.45, 7) is 7.37. The van der Waals surface area contributed by atoms with E-state index in [4.69, 9.17) is 10.5 Å². The SMILES string of the molecule is COCCNC(=O)C(C)NC(=O)CCC(C)(C)CCN. The van der Waals surface area contributed by atoms with Crippen LogP contribution in [0.25, 0.3) is 0 Å². The molecule has 6 nitrogen and oxygen atoms in total. The minimum Gasteiger partial charge on any atom is -0.383 e. The van der Waals surface area contributed by atoms with Crippen molar-refractivity contribution in [1.29, 1.82) is 0 Å². The van der Waals surface area contributed by atoms with Gasteiger partial charge in [-0.3, -0.25) is 9.59 Å². The summed E-state index contributed by atoms with van der Waals surface area (Å²) < 4.78 is 4.84. The third-order valence-electron chi connectivity index (χ3n) is 3.23. The van der Waals surface area contributed by atoms with Crippen molar-refractivity contribution in [3.63, 3.8) is 0 Å². The van der Waals surface area contributed by atoms with Gasteiger partial charge >= 0.3 is 0 Å². The molecule has 0 spiro atoms. The summed E-state index contributed by atoms with van der Waals surface area (Å²) in [5, 5.41) is 5.38. The molecule has 1 unspecified atom stereocenters. The van der Waals surface area contributed by atoms with Crippen LogP contribution in [0, 0.1) is 5.41 Å². The molecule has 0 rings (SSSR count). The zero-order valence-electron chi connectivity index (χ0n) is 13.1. The first-order chi connectivity index (χ1) is 9.32. The summed E-state index contributed by atoms with van der Waals surface area (Å²) in [6.07, 6.45) is 2.05. The van der Waals surface area contributed by atoms with Gasteiger partial charge in [-0.1, -0.05) is 13.8 Å². The van der Waals surface area contributed by atoms with Crippen molar-refractivity contribution in [2.45, 2.75) is 46.1 Å². The van der Waals surface area contributed by atoms with Crippen LogP contribution in [-0.2, 0) is 14.3 Å². The van der Waals surface area contributed by atoms with Crippen LogP contribution in [0.1, 0.15) is 40.0 Å². The topological polar surface area (TPSA) is 93.5 Å². The minimum absolute atomic E-state index is 0.0516. The fourth-order valence-corrected chi connectivity index (χ4v) is 1.78. The molecular weight excluding hydrogens is 258 g/mol. The fraction of sp³-hybridized carbons (Fsp3) is 0.857. The Kier molecular flexibility index (Phi) is 9.16. The average Bonchev–Trinajstić information content (AvgIpc) is 2.36. The Balaban J connectivity index is 3.98. The first kappa shape index (κ1) is 18.9. The lowest BCUT2D eigenvalue weighted by molar-refractivity contribution is -0.128.